The Balaban J connectivity index is 1.54. The first kappa shape index (κ1) is 19.8. The minimum atomic E-state index is -0.118. The number of benzene rings is 3. The Hall–Kier alpha value is -3.53. The lowest BCUT2D eigenvalue weighted by atomic mass is 10.1. The van der Waals surface area contributed by atoms with E-state index in [9.17, 15) is 4.79 Å². The number of fused-ring (bicyclic) bond motifs is 1. The van der Waals surface area contributed by atoms with Crippen molar-refractivity contribution >= 4 is 11.9 Å². The number of rotatable bonds is 6. The number of allylic oxidation sites excluding steroid dienone is 1. The van der Waals surface area contributed by atoms with Crippen LogP contribution in [0.15, 0.2) is 66.4 Å². The van der Waals surface area contributed by atoms with E-state index in [4.69, 9.17) is 14.2 Å². The topological polar surface area (TPSA) is 44.8 Å². The summed E-state index contributed by atoms with van der Waals surface area (Å²) >= 11 is 0. The summed E-state index contributed by atoms with van der Waals surface area (Å²) in [6.45, 7) is 7.01. The zero-order valence-electron chi connectivity index (χ0n) is 17.4. The van der Waals surface area contributed by atoms with E-state index in [1.165, 1.54) is 5.56 Å². The molecule has 0 bridgehead atoms. The standard InChI is InChI=1S/C26H24O4/c1-4-28-21-11-9-19(10-12-21)15-24-25(27)22-13-14-23(18(3)26(22)30-24)29-16-20-8-6-5-7-17(20)2/h5-15H,4,16H2,1-3H3/b24-15-. The van der Waals surface area contributed by atoms with Crippen molar-refractivity contribution in [1.82, 2.24) is 0 Å². The van der Waals surface area contributed by atoms with Gasteiger partial charge in [-0.1, -0.05) is 36.4 Å². The van der Waals surface area contributed by atoms with E-state index in [-0.39, 0.29) is 5.78 Å². The summed E-state index contributed by atoms with van der Waals surface area (Å²) < 4.78 is 17.4. The van der Waals surface area contributed by atoms with Crippen molar-refractivity contribution in [3.63, 3.8) is 0 Å². The van der Waals surface area contributed by atoms with Gasteiger partial charge in [0.05, 0.1) is 12.2 Å². The second kappa shape index (κ2) is 8.46. The van der Waals surface area contributed by atoms with Crippen molar-refractivity contribution in [3.8, 4) is 17.2 Å². The van der Waals surface area contributed by atoms with Gasteiger partial charge in [0.15, 0.2) is 5.76 Å². The summed E-state index contributed by atoms with van der Waals surface area (Å²) in [4.78, 5) is 12.8. The van der Waals surface area contributed by atoms with Gasteiger partial charge < -0.3 is 14.2 Å². The summed E-state index contributed by atoms with van der Waals surface area (Å²) in [6, 6.07) is 19.3. The maximum atomic E-state index is 12.8. The van der Waals surface area contributed by atoms with Gasteiger partial charge in [0.1, 0.15) is 23.9 Å². The van der Waals surface area contributed by atoms with Gasteiger partial charge in [-0.15, -0.1) is 0 Å². The molecule has 0 saturated carbocycles. The molecule has 4 heteroatoms. The Morgan fingerprint density at radius 3 is 2.43 bits per heavy atom. The molecule has 3 aromatic rings. The Bertz CT molecular complexity index is 1110. The lowest BCUT2D eigenvalue weighted by Crippen LogP contribution is -2.00. The molecule has 1 aliphatic rings. The molecule has 0 N–H and O–H groups in total. The number of carbonyl (C=O) groups excluding carboxylic acids is 1. The molecule has 3 aromatic carbocycles. The summed E-state index contributed by atoms with van der Waals surface area (Å²) in [5, 5.41) is 0. The molecule has 0 aliphatic carbocycles. The van der Waals surface area contributed by atoms with Crippen molar-refractivity contribution in [2.45, 2.75) is 27.4 Å². The molecular formula is C26H24O4. The normalized spacial score (nSPS) is 13.8. The minimum absolute atomic E-state index is 0.118. The molecule has 0 amide bonds. The van der Waals surface area contributed by atoms with E-state index in [0.29, 0.717) is 36.0 Å². The second-order valence-electron chi connectivity index (χ2n) is 7.22. The van der Waals surface area contributed by atoms with Gasteiger partial charge in [0.2, 0.25) is 5.78 Å². The third kappa shape index (κ3) is 3.94. The van der Waals surface area contributed by atoms with E-state index in [1.54, 1.807) is 12.1 Å². The Morgan fingerprint density at radius 1 is 0.933 bits per heavy atom. The first-order valence-electron chi connectivity index (χ1n) is 10.0. The predicted molar refractivity (Wildman–Crippen MR) is 117 cm³/mol. The smallest absolute Gasteiger partial charge is 0.231 e. The highest BCUT2D eigenvalue weighted by Gasteiger charge is 2.30. The maximum absolute atomic E-state index is 12.8. The average Bonchev–Trinajstić information content (AvgIpc) is 3.07. The van der Waals surface area contributed by atoms with Crippen LogP contribution in [0, 0.1) is 13.8 Å². The summed E-state index contributed by atoms with van der Waals surface area (Å²) in [5.74, 6) is 2.28. The van der Waals surface area contributed by atoms with Gasteiger partial charge in [-0.3, -0.25) is 4.79 Å². The minimum Gasteiger partial charge on any atom is -0.494 e. The molecule has 0 aromatic heterocycles. The van der Waals surface area contributed by atoms with Gasteiger partial charge in [0, 0.05) is 5.56 Å². The predicted octanol–water partition coefficient (Wildman–Crippen LogP) is 5.90. The molecule has 152 valence electrons. The number of ether oxygens (including phenoxy) is 3. The van der Waals surface area contributed by atoms with Gasteiger partial charge in [0.25, 0.3) is 0 Å². The third-order valence-corrected chi connectivity index (χ3v) is 5.17. The molecule has 0 atom stereocenters. The van der Waals surface area contributed by atoms with Crippen LogP contribution in [0.25, 0.3) is 6.08 Å². The van der Waals surface area contributed by atoms with Crippen LogP contribution in [0.2, 0.25) is 0 Å². The second-order valence-corrected chi connectivity index (χ2v) is 7.22. The van der Waals surface area contributed by atoms with Gasteiger partial charge >= 0.3 is 0 Å². The van der Waals surface area contributed by atoms with Crippen LogP contribution in [0.4, 0.5) is 0 Å². The lowest BCUT2D eigenvalue weighted by Gasteiger charge is -2.12. The van der Waals surface area contributed by atoms with Crippen LogP contribution in [0.5, 0.6) is 17.2 Å². The molecule has 4 rings (SSSR count). The zero-order valence-corrected chi connectivity index (χ0v) is 17.4. The highest BCUT2D eigenvalue weighted by atomic mass is 16.5. The summed E-state index contributed by atoms with van der Waals surface area (Å²) in [6.07, 6.45) is 1.76. The van der Waals surface area contributed by atoms with Crippen molar-refractivity contribution in [2.75, 3.05) is 6.61 Å². The SMILES string of the molecule is CCOc1ccc(/C=C2\Oc3c(ccc(OCc4ccccc4C)c3C)C2=O)cc1. The quantitative estimate of drug-likeness (QED) is 0.484. The fourth-order valence-electron chi connectivity index (χ4n) is 3.43. The number of hydrogen-bond donors (Lipinski definition) is 0. The van der Waals surface area contributed by atoms with Crippen LogP contribution in [-0.2, 0) is 6.61 Å². The van der Waals surface area contributed by atoms with Crippen molar-refractivity contribution in [2.24, 2.45) is 0 Å². The monoisotopic (exact) mass is 400 g/mol. The maximum Gasteiger partial charge on any atom is 0.231 e. The number of hydrogen-bond acceptors (Lipinski definition) is 4. The number of Topliss-reactive ketones (excluding diaryl/α,β-unsaturated/α-hetero) is 1. The Morgan fingerprint density at radius 2 is 1.70 bits per heavy atom. The van der Waals surface area contributed by atoms with Crippen LogP contribution in [0.3, 0.4) is 0 Å². The van der Waals surface area contributed by atoms with Gasteiger partial charge in [-0.05, 0) is 67.8 Å². The van der Waals surface area contributed by atoms with Crippen LogP contribution < -0.4 is 14.2 Å². The molecule has 0 unspecified atom stereocenters. The average molecular weight is 400 g/mol. The van der Waals surface area contributed by atoms with E-state index >= 15 is 0 Å². The van der Waals surface area contributed by atoms with E-state index in [0.717, 1.165) is 22.4 Å². The van der Waals surface area contributed by atoms with E-state index in [2.05, 4.69) is 19.1 Å². The Labute approximate surface area is 176 Å². The largest absolute Gasteiger partial charge is 0.494 e. The highest BCUT2D eigenvalue weighted by molar-refractivity contribution is 6.14. The van der Waals surface area contributed by atoms with Crippen LogP contribution in [0.1, 0.15) is 39.5 Å². The molecule has 30 heavy (non-hydrogen) atoms. The van der Waals surface area contributed by atoms with Crippen LogP contribution in [-0.4, -0.2) is 12.4 Å². The molecule has 1 aliphatic heterocycles. The highest BCUT2D eigenvalue weighted by Crippen LogP contribution is 2.39. The molecule has 0 radical (unpaired) electrons. The molecule has 0 saturated heterocycles. The fourth-order valence-corrected chi connectivity index (χ4v) is 3.43. The van der Waals surface area contributed by atoms with E-state index < -0.39 is 0 Å². The first-order chi connectivity index (χ1) is 14.6. The number of ketones is 1. The van der Waals surface area contributed by atoms with E-state index in [1.807, 2.05) is 56.3 Å². The number of aryl methyl sites for hydroxylation is 1. The molecule has 0 spiro atoms. The number of carbonyl (C=O) groups is 1. The van der Waals surface area contributed by atoms with Crippen molar-refractivity contribution < 1.29 is 19.0 Å². The van der Waals surface area contributed by atoms with Crippen molar-refractivity contribution in [1.29, 1.82) is 0 Å². The molecule has 0 fully saturated rings. The van der Waals surface area contributed by atoms with Crippen molar-refractivity contribution in [3.05, 3.63) is 94.2 Å². The molecule has 4 nitrogen and oxygen atoms in total. The lowest BCUT2D eigenvalue weighted by molar-refractivity contribution is 0.101. The first-order valence-corrected chi connectivity index (χ1v) is 10.0. The summed E-state index contributed by atoms with van der Waals surface area (Å²) in [7, 11) is 0. The fraction of sp³-hybridized carbons (Fsp3) is 0.192. The zero-order chi connectivity index (χ0) is 21.1. The summed E-state index contributed by atoms with van der Waals surface area (Å²) in [5.41, 5.74) is 4.58. The van der Waals surface area contributed by atoms with Gasteiger partial charge in [-0.2, -0.15) is 0 Å². The molecular weight excluding hydrogens is 376 g/mol. The third-order valence-electron chi connectivity index (χ3n) is 5.17. The Kier molecular flexibility index (Phi) is 5.57. The van der Waals surface area contributed by atoms with Crippen LogP contribution >= 0.6 is 0 Å². The van der Waals surface area contributed by atoms with Gasteiger partial charge in [-0.25, -0.2) is 0 Å². The molecule has 1 heterocycles.